The average Bonchev–Trinajstić information content (AvgIpc) is 2.84. The lowest BCUT2D eigenvalue weighted by molar-refractivity contribution is 0.414. The van der Waals surface area contributed by atoms with Crippen LogP contribution in [0.25, 0.3) is 0 Å². The molecule has 0 fully saturated rings. The summed E-state index contributed by atoms with van der Waals surface area (Å²) in [4.78, 5) is 0. The first-order valence-corrected chi connectivity index (χ1v) is 6.14. The van der Waals surface area contributed by atoms with Crippen molar-refractivity contribution in [2.24, 2.45) is 0 Å². The quantitative estimate of drug-likeness (QED) is 0.919. The second-order valence-corrected chi connectivity index (χ2v) is 4.49. The highest BCUT2D eigenvalue weighted by atomic mass is 79.9. The Hall–Kier alpha value is -1.26. The molecule has 0 saturated carbocycles. The van der Waals surface area contributed by atoms with Gasteiger partial charge in [-0.25, -0.2) is 0 Å². The van der Waals surface area contributed by atoms with Crippen molar-refractivity contribution in [3.63, 3.8) is 0 Å². The Balaban J connectivity index is 1.90. The van der Waals surface area contributed by atoms with Crippen LogP contribution < -0.4 is 10.1 Å². The van der Waals surface area contributed by atoms with Crippen molar-refractivity contribution in [2.45, 2.75) is 13.1 Å². The van der Waals surface area contributed by atoms with E-state index in [2.05, 4.69) is 21.2 Å². The maximum atomic E-state index is 5.24. The molecule has 0 amide bonds. The molecule has 17 heavy (non-hydrogen) atoms. The Kier molecular flexibility index (Phi) is 4.23. The van der Waals surface area contributed by atoms with Crippen molar-refractivity contribution in [3.05, 3.63) is 52.4 Å². The van der Waals surface area contributed by atoms with E-state index in [1.165, 1.54) is 5.56 Å². The zero-order chi connectivity index (χ0) is 12.1. The van der Waals surface area contributed by atoms with E-state index in [0.717, 1.165) is 29.1 Å². The number of ether oxygens (including phenoxy) is 1. The molecule has 0 aliphatic heterocycles. The second kappa shape index (κ2) is 5.89. The van der Waals surface area contributed by atoms with Crippen LogP contribution in [0.2, 0.25) is 0 Å². The number of halogens is 1. The number of rotatable bonds is 5. The molecule has 1 N–H and O–H groups in total. The molecule has 1 heterocycles. The zero-order valence-corrected chi connectivity index (χ0v) is 11.2. The summed E-state index contributed by atoms with van der Waals surface area (Å²) >= 11 is 3.52. The van der Waals surface area contributed by atoms with Crippen LogP contribution in [-0.4, -0.2) is 7.11 Å². The van der Waals surface area contributed by atoms with E-state index in [-0.39, 0.29) is 0 Å². The Morgan fingerprint density at radius 2 is 2.18 bits per heavy atom. The van der Waals surface area contributed by atoms with Gasteiger partial charge in [-0.15, -0.1) is 0 Å². The van der Waals surface area contributed by atoms with Crippen molar-refractivity contribution in [1.82, 2.24) is 5.32 Å². The molecular formula is C13H14BrNO2. The van der Waals surface area contributed by atoms with Gasteiger partial charge in [-0.3, -0.25) is 0 Å². The van der Waals surface area contributed by atoms with Gasteiger partial charge < -0.3 is 14.5 Å². The van der Waals surface area contributed by atoms with Crippen LogP contribution in [0.1, 0.15) is 11.3 Å². The molecule has 0 bridgehead atoms. The van der Waals surface area contributed by atoms with Gasteiger partial charge in [-0.05, 0) is 29.8 Å². The third-order valence-corrected chi connectivity index (χ3v) is 3.19. The molecule has 1 aromatic carbocycles. The highest BCUT2D eigenvalue weighted by Crippen LogP contribution is 2.22. The SMILES string of the molecule is COc1ccc(CNCc2ccco2)c(Br)c1. The standard InChI is InChI=1S/C13H14BrNO2/c1-16-11-5-4-10(13(14)7-11)8-15-9-12-3-2-6-17-12/h2-7,15H,8-9H2,1H3. The van der Waals surface area contributed by atoms with Crippen molar-refractivity contribution in [2.75, 3.05) is 7.11 Å². The first-order valence-electron chi connectivity index (χ1n) is 5.35. The van der Waals surface area contributed by atoms with E-state index in [4.69, 9.17) is 9.15 Å². The normalized spacial score (nSPS) is 10.5. The number of methoxy groups -OCH3 is 1. The molecule has 0 unspecified atom stereocenters. The van der Waals surface area contributed by atoms with Crippen LogP contribution in [0.4, 0.5) is 0 Å². The van der Waals surface area contributed by atoms with Crippen LogP contribution in [0.15, 0.2) is 45.5 Å². The van der Waals surface area contributed by atoms with E-state index in [0.29, 0.717) is 0 Å². The van der Waals surface area contributed by atoms with Crippen LogP contribution in [0.5, 0.6) is 5.75 Å². The highest BCUT2D eigenvalue weighted by Gasteiger charge is 2.02. The van der Waals surface area contributed by atoms with Crippen molar-refractivity contribution >= 4 is 15.9 Å². The van der Waals surface area contributed by atoms with Crippen molar-refractivity contribution < 1.29 is 9.15 Å². The van der Waals surface area contributed by atoms with Gasteiger partial charge in [0, 0.05) is 11.0 Å². The average molecular weight is 296 g/mol. The molecular weight excluding hydrogens is 282 g/mol. The highest BCUT2D eigenvalue weighted by molar-refractivity contribution is 9.10. The second-order valence-electron chi connectivity index (χ2n) is 3.64. The van der Waals surface area contributed by atoms with E-state index in [9.17, 15) is 0 Å². The van der Waals surface area contributed by atoms with Gasteiger partial charge >= 0.3 is 0 Å². The Morgan fingerprint density at radius 3 is 2.82 bits per heavy atom. The fourth-order valence-corrected chi connectivity index (χ4v) is 2.03. The fourth-order valence-electron chi connectivity index (χ4n) is 1.53. The van der Waals surface area contributed by atoms with E-state index >= 15 is 0 Å². The van der Waals surface area contributed by atoms with E-state index in [1.807, 2.05) is 30.3 Å². The van der Waals surface area contributed by atoms with Gasteiger partial charge in [-0.1, -0.05) is 22.0 Å². The number of hydrogen-bond donors (Lipinski definition) is 1. The molecule has 0 atom stereocenters. The summed E-state index contributed by atoms with van der Waals surface area (Å²) in [7, 11) is 1.66. The maximum Gasteiger partial charge on any atom is 0.120 e. The lowest BCUT2D eigenvalue weighted by Crippen LogP contribution is -2.12. The molecule has 0 radical (unpaired) electrons. The van der Waals surface area contributed by atoms with Crippen LogP contribution in [0.3, 0.4) is 0 Å². The molecule has 0 aliphatic carbocycles. The van der Waals surface area contributed by atoms with Gasteiger partial charge in [0.2, 0.25) is 0 Å². The number of hydrogen-bond acceptors (Lipinski definition) is 3. The van der Waals surface area contributed by atoms with Crippen LogP contribution in [0, 0.1) is 0 Å². The molecule has 2 rings (SSSR count). The fraction of sp³-hybridized carbons (Fsp3) is 0.231. The van der Waals surface area contributed by atoms with Crippen LogP contribution >= 0.6 is 15.9 Å². The number of benzene rings is 1. The van der Waals surface area contributed by atoms with Crippen molar-refractivity contribution in [3.8, 4) is 5.75 Å². The third-order valence-electron chi connectivity index (χ3n) is 2.46. The molecule has 3 nitrogen and oxygen atoms in total. The first-order chi connectivity index (χ1) is 8.29. The minimum absolute atomic E-state index is 0.728. The molecule has 0 saturated heterocycles. The smallest absolute Gasteiger partial charge is 0.120 e. The van der Waals surface area contributed by atoms with E-state index in [1.54, 1.807) is 13.4 Å². The van der Waals surface area contributed by atoms with Gasteiger partial charge in [0.15, 0.2) is 0 Å². The molecule has 0 spiro atoms. The molecule has 0 aliphatic rings. The summed E-state index contributed by atoms with van der Waals surface area (Å²) in [5.41, 5.74) is 1.19. The first kappa shape index (κ1) is 12.2. The Labute approximate surface area is 109 Å². The molecule has 2 aromatic rings. The Morgan fingerprint density at radius 1 is 1.29 bits per heavy atom. The summed E-state index contributed by atoms with van der Waals surface area (Å²) in [5, 5.41) is 3.32. The summed E-state index contributed by atoms with van der Waals surface area (Å²) in [6, 6.07) is 9.80. The molecule has 4 heteroatoms. The van der Waals surface area contributed by atoms with Gasteiger partial charge in [-0.2, -0.15) is 0 Å². The van der Waals surface area contributed by atoms with Gasteiger partial charge in [0.05, 0.1) is 19.9 Å². The monoisotopic (exact) mass is 295 g/mol. The zero-order valence-electron chi connectivity index (χ0n) is 9.57. The predicted octanol–water partition coefficient (Wildman–Crippen LogP) is 3.34. The largest absolute Gasteiger partial charge is 0.497 e. The van der Waals surface area contributed by atoms with Gasteiger partial charge in [0.25, 0.3) is 0 Å². The lowest BCUT2D eigenvalue weighted by Gasteiger charge is -2.07. The molecule has 1 aromatic heterocycles. The topological polar surface area (TPSA) is 34.4 Å². The molecule has 90 valence electrons. The maximum absolute atomic E-state index is 5.24. The predicted molar refractivity (Wildman–Crippen MR) is 69.9 cm³/mol. The third kappa shape index (κ3) is 3.35. The summed E-state index contributed by atoms with van der Waals surface area (Å²) in [5.74, 6) is 1.79. The number of furan rings is 1. The van der Waals surface area contributed by atoms with Crippen molar-refractivity contribution in [1.29, 1.82) is 0 Å². The van der Waals surface area contributed by atoms with Gasteiger partial charge in [0.1, 0.15) is 11.5 Å². The number of nitrogens with one attached hydrogen (secondary N) is 1. The summed E-state index contributed by atoms with van der Waals surface area (Å²) < 4.78 is 11.4. The van der Waals surface area contributed by atoms with Crippen LogP contribution in [-0.2, 0) is 13.1 Å². The Bertz CT molecular complexity index is 468. The lowest BCUT2D eigenvalue weighted by atomic mass is 10.2. The van der Waals surface area contributed by atoms with E-state index < -0.39 is 0 Å². The minimum atomic E-state index is 0.728. The summed E-state index contributed by atoms with van der Waals surface area (Å²) in [6.07, 6.45) is 1.68. The minimum Gasteiger partial charge on any atom is -0.497 e. The summed E-state index contributed by atoms with van der Waals surface area (Å²) in [6.45, 7) is 1.51.